The van der Waals surface area contributed by atoms with Gasteiger partial charge in [0.25, 0.3) is 5.91 Å². The molecule has 0 aromatic heterocycles. The number of fused-ring (bicyclic) bond motifs is 2. The van der Waals surface area contributed by atoms with Crippen LogP contribution < -0.4 is 10.1 Å². The Balaban J connectivity index is 1.42. The van der Waals surface area contributed by atoms with Crippen LogP contribution in [0.4, 0.5) is 0 Å². The maximum Gasteiger partial charge on any atom is 0.255 e. The van der Waals surface area contributed by atoms with E-state index >= 15 is 0 Å². The molecule has 1 N–H and O–H groups in total. The lowest BCUT2D eigenvalue weighted by atomic mass is 9.84. The summed E-state index contributed by atoms with van der Waals surface area (Å²) in [5, 5.41) is 3.90. The standard InChI is InChI=1S/C23H26ClNO2/c1-15(20-13-16-10-11-17(20)12-16)25-23(26)19-7-3-5-9-22(19)27-14-18-6-2-4-8-21(18)24/h2-9,15-17,20H,10-14H2,1H3,(H,25,26)/t15-,16+,17+,20+/m0/s1. The summed E-state index contributed by atoms with van der Waals surface area (Å²) in [4.78, 5) is 12.9. The van der Waals surface area contributed by atoms with Gasteiger partial charge in [-0.05, 0) is 62.1 Å². The van der Waals surface area contributed by atoms with Gasteiger partial charge in [0.2, 0.25) is 0 Å². The molecule has 2 aliphatic rings. The van der Waals surface area contributed by atoms with E-state index in [1.165, 1.54) is 25.7 Å². The molecule has 4 atom stereocenters. The Morgan fingerprint density at radius 2 is 1.93 bits per heavy atom. The summed E-state index contributed by atoms with van der Waals surface area (Å²) in [7, 11) is 0. The minimum absolute atomic E-state index is 0.0555. The molecule has 0 spiro atoms. The molecule has 2 aromatic carbocycles. The van der Waals surface area contributed by atoms with Crippen molar-refractivity contribution in [3.63, 3.8) is 0 Å². The van der Waals surface area contributed by atoms with Crippen molar-refractivity contribution in [3.05, 3.63) is 64.7 Å². The van der Waals surface area contributed by atoms with Crippen molar-refractivity contribution in [1.82, 2.24) is 5.32 Å². The molecule has 2 bridgehead atoms. The molecular formula is C23H26ClNO2. The second-order valence-corrected chi connectivity index (χ2v) is 8.38. The van der Waals surface area contributed by atoms with Crippen LogP contribution in [-0.2, 0) is 6.61 Å². The topological polar surface area (TPSA) is 38.3 Å². The first kappa shape index (κ1) is 18.4. The Hall–Kier alpha value is -2.00. The molecule has 2 aliphatic carbocycles. The molecule has 0 heterocycles. The molecule has 4 heteroatoms. The summed E-state index contributed by atoms with van der Waals surface area (Å²) in [6.45, 7) is 2.49. The number of carbonyl (C=O) groups excluding carboxylic acids is 1. The van der Waals surface area contributed by atoms with Crippen molar-refractivity contribution in [2.75, 3.05) is 0 Å². The van der Waals surface area contributed by atoms with E-state index in [-0.39, 0.29) is 11.9 Å². The van der Waals surface area contributed by atoms with E-state index in [1.54, 1.807) is 0 Å². The molecule has 0 saturated heterocycles. The fraction of sp³-hybridized carbons (Fsp3) is 0.435. The molecular weight excluding hydrogens is 358 g/mol. The maximum atomic E-state index is 12.9. The monoisotopic (exact) mass is 383 g/mol. The zero-order valence-electron chi connectivity index (χ0n) is 15.7. The lowest BCUT2D eigenvalue weighted by Gasteiger charge is -2.28. The van der Waals surface area contributed by atoms with Crippen LogP contribution in [0, 0.1) is 17.8 Å². The smallest absolute Gasteiger partial charge is 0.255 e. The Morgan fingerprint density at radius 1 is 1.15 bits per heavy atom. The van der Waals surface area contributed by atoms with Crippen LogP contribution in [0.3, 0.4) is 0 Å². The van der Waals surface area contributed by atoms with E-state index < -0.39 is 0 Å². The molecule has 0 aliphatic heterocycles. The van der Waals surface area contributed by atoms with E-state index in [2.05, 4.69) is 12.2 Å². The first-order valence-electron chi connectivity index (χ1n) is 9.88. The Labute approximate surface area is 166 Å². The lowest BCUT2D eigenvalue weighted by Crippen LogP contribution is -2.40. The number of hydrogen-bond acceptors (Lipinski definition) is 2. The van der Waals surface area contributed by atoms with Crippen LogP contribution in [-0.4, -0.2) is 11.9 Å². The summed E-state index contributed by atoms with van der Waals surface area (Å²) < 4.78 is 5.94. The van der Waals surface area contributed by atoms with Crippen molar-refractivity contribution < 1.29 is 9.53 Å². The maximum absolute atomic E-state index is 12.9. The van der Waals surface area contributed by atoms with Crippen molar-refractivity contribution in [2.24, 2.45) is 17.8 Å². The average molecular weight is 384 g/mol. The minimum atomic E-state index is -0.0555. The molecule has 27 heavy (non-hydrogen) atoms. The van der Waals surface area contributed by atoms with Crippen molar-refractivity contribution in [1.29, 1.82) is 0 Å². The zero-order chi connectivity index (χ0) is 18.8. The molecule has 3 nitrogen and oxygen atoms in total. The van der Waals surface area contributed by atoms with Crippen LogP contribution in [0.15, 0.2) is 48.5 Å². The molecule has 2 saturated carbocycles. The molecule has 0 unspecified atom stereocenters. The van der Waals surface area contributed by atoms with E-state index in [1.807, 2.05) is 48.5 Å². The molecule has 4 rings (SSSR count). The number of halogens is 1. The summed E-state index contributed by atoms with van der Waals surface area (Å²) in [5.41, 5.74) is 1.49. The van der Waals surface area contributed by atoms with Gasteiger partial charge < -0.3 is 10.1 Å². The normalized spacial score (nSPS) is 24.6. The number of rotatable bonds is 6. The van der Waals surface area contributed by atoms with Crippen LogP contribution in [0.25, 0.3) is 0 Å². The predicted molar refractivity (Wildman–Crippen MR) is 108 cm³/mol. The largest absolute Gasteiger partial charge is 0.488 e. The van der Waals surface area contributed by atoms with E-state index in [0.29, 0.717) is 28.9 Å². The highest BCUT2D eigenvalue weighted by Gasteiger charge is 2.42. The first-order valence-corrected chi connectivity index (χ1v) is 10.3. The zero-order valence-corrected chi connectivity index (χ0v) is 16.4. The van der Waals surface area contributed by atoms with Gasteiger partial charge in [0.15, 0.2) is 0 Å². The highest BCUT2D eigenvalue weighted by atomic mass is 35.5. The predicted octanol–water partition coefficient (Wildman–Crippen LogP) is 5.47. The van der Waals surface area contributed by atoms with Gasteiger partial charge >= 0.3 is 0 Å². The Bertz CT molecular complexity index is 822. The van der Waals surface area contributed by atoms with Crippen molar-refractivity contribution >= 4 is 17.5 Å². The summed E-state index contributed by atoms with van der Waals surface area (Å²) >= 11 is 6.21. The Kier molecular flexibility index (Phi) is 5.40. The fourth-order valence-electron chi connectivity index (χ4n) is 4.85. The summed E-state index contributed by atoms with van der Waals surface area (Å²) in [5.74, 6) is 2.82. The van der Waals surface area contributed by atoms with Gasteiger partial charge in [0, 0.05) is 16.6 Å². The second kappa shape index (κ2) is 7.93. The number of para-hydroxylation sites is 1. The molecule has 2 aromatic rings. The summed E-state index contributed by atoms with van der Waals surface area (Å²) in [6, 6.07) is 15.2. The SMILES string of the molecule is C[C@H](NC(=O)c1ccccc1OCc1ccccc1Cl)[C@H]1C[C@@H]2CC[C@@H]1C2. The van der Waals surface area contributed by atoms with Crippen LogP contribution >= 0.6 is 11.6 Å². The highest BCUT2D eigenvalue weighted by molar-refractivity contribution is 6.31. The van der Waals surface area contributed by atoms with Gasteiger partial charge in [-0.15, -0.1) is 0 Å². The lowest BCUT2D eigenvalue weighted by molar-refractivity contribution is 0.0910. The van der Waals surface area contributed by atoms with Gasteiger partial charge in [0.1, 0.15) is 12.4 Å². The van der Waals surface area contributed by atoms with Gasteiger partial charge in [-0.25, -0.2) is 0 Å². The number of benzene rings is 2. The third-order valence-electron chi connectivity index (χ3n) is 6.27. The molecule has 2 fully saturated rings. The van der Waals surface area contributed by atoms with Gasteiger partial charge in [-0.1, -0.05) is 48.4 Å². The number of amides is 1. The number of carbonyl (C=O) groups is 1. The van der Waals surface area contributed by atoms with Crippen molar-refractivity contribution in [3.8, 4) is 5.75 Å². The highest BCUT2D eigenvalue weighted by Crippen LogP contribution is 2.49. The third-order valence-corrected chi connectivity index (χ3v) is 6.64. The Morgan fingerprint density at radius 3 is 2.67 bits per heavy atom. The second-order valence-electron chi connectivity index (χ2n) is 7.98. The number of hydrogen-bond donors (Lipinski definition) is 1. The van der Waals surface area contributed by atoms with Gasteiger partial charge in [-0.3, -0.25) is 4.79 Å². The van der Waals surface area contributed by atoms with Crippen molar-refractivity contribution in [2.45, 2.75) is 45.3 Å². The minimum Gasteiger partial charge on any atom is -0.488 e. The molecule has 0 radical (unpaired) electrons. The van der Waals surface area contributed by atoms with Crippen LogP contribution in [0.5, 0.6) is 5.75 Å². The summed E-state index contributed by atoms with van der Waals surface area (Å²) in [6.07, 6.45) is 5.31. The average Bonchev–Trinajstić information content (AvgIpc) is 3.31. The molecule has 1 amide bonds. The van der Waals surface area contributed by atoms with Crippen LogP contribution in [0.1, 0.15) is 48.5 Å². The first-order chi connectivity index (χ1) is 13.1. The molecule has 142 valence electrons. The van der Waals surface area contributed by atoms with E-state index in [4.69, 9.17) is 16.3 Å². The van der Waals surface area contributed by atoms with E-state index in [9.17, 15) is 4.79 Å². The quantitative estimate of drug-likeness (QED) is 0.717. The van der Waals surface area contributed by atoms with E-state index in [0.717, 1.165) is 17.4 Å². The van der Waals surface area contributed by atoms with Gasteiger partial charge in [0.05, 0.1) is 5.56 Å². The number of nitrogens with one attached hydrogen (secondary N) is 1. The fourth-order valence-corrected chi connectivity index (χ4v) is 5.04. The number of ether oxygens (including phenoxy) is 1. The third kappa shape index (κ3) is 3.98. The van der Waals surface area contributed by atoms with Gasteiger partial charge in [-0.2, -0.15) is 0 Å². The van der Waals surface area contributed by atoms with Crippen LogP contribution in [0.2, 0.25) is 5.02 Å².